The summed E-state index contributed by atoms with van der Waals surface area (Å²) >= 11 is 3.35. The van der Waals surface area contributed by atoms with Crippen molar-refractivity contribution in [3.05, 3.63) is 28.2 Å². The van der Waals surface area contributed by atoms with Crippen molar-refractivity contribution in [3.8, 4) is 0 Å². The third-order valence-electron chi connectivity index (χ3n) is 3.86. The highest BCUT2D eigenvalue weighted by Crippen LogP contribution is 2.26. The van der Waals surface area contributed by atoms with Crippen LogP contribution >= 0.6 is 15.9 Å². The number of nitrogens with two attached hydrogens (primary N) is 1. The number of nitrogen functional groups attached to an aromatic ring is 1. The number of hydrogen-bond donors (Lipinski definition) is 2. The van der Waals surface area contributed by atoms with E-state index in [4.69, 9.17) is 5.73 Å². The molecule has 1 aliphatic carbocycles. The van der Waals surface area contributed by atoms with Crippen LogP contribution in [0.25, 0.3) is 0 Å². The van der Waals surface area contributed by atoms with Gasteiger partial charge in [0.05, 0.1) is 6.61 Å². The van der Waals surface area contributed by atoms with E-state index in [-0.39, 0.29) is 18.6 Å². The van der Waals surface area contributed by atoms with E-state index in [2.05, 4.69) is 15.9 Å². The highest BCUT2D eigenvalue weighted by atomic mass is 79.9. The summed E-state index contributed by atoms with van der Waals surface area (Å²) in [7, 11) is 0. The first-order valence-corrected chi connectivity index (χ1v) is 7.89. The molecule has 0 saturated heterocycles. The van der Waals surface area contributed by atoms with Crippen molar-refractivity contribution >= 4 is 27.5 Å². The fourth-order valence-electron chi connectivity index (χ4n) is 2.78. The molecule has 0 aliphatic heterocycles. The van der Waals surface area contributed by atoms with Gasteiger partial charge in [-0.1, -0.05) is 19.3 Å². The van der Waals surface area contributed by atoms with Crippen molar-refractivity contribution in [1.82, 2.24) is 4.90 Å². The molecule has 0 aromatic heterocycles. The number of carbonyl (C=O) groups excluding carboxylic acids is 1. The zero-order valence-corrected chi connectivity index (χ0v) is 13.1. The maximum atomic E-state index is 12.7. The molecule has 1 fully saturated rings. The van der Waals surface area contributed by atoms with Gasteiger partial charge in [0.15, 0.2) is 0 Å². The molecule has 0 unspecified atom stereocenters. The van der Waals surface area contributed by atoms with Crippen LogP contribution in [-0.2, 0) is 0 Å². The number of aliphatic hydroxyl groups is 1. The van der Waals surface area contributed by atoms with Crippen LogP contribution in [0.5, 0.6) is 0 Å². The second kappa shape index (κ2) is 7.09. The molecule has 1 amide bonds. The minimum atomic E-state index is -0.0216. The topological polar surface area (TPSA) is 66.6 Å². The van der Waals surface area contributed by atoms with E-state index < -0.39 is 0 Å². The summed E-state index contributed by atoms with van der Waals surface area (Å²) in [5.74, 6) is -0.0216. The Morgan fingerprint density at radius 3 is 2.65 bits per heavy atom. The first kappa shape index (κ1) is 15.3. The predicted molar refractivity (Wildman–Crippen MR) is 83.5 cm³/mol. The molecule has 0 heterocycles. The highest BCUT2D eigenvalue weighted by molar-refractivity contribution is 9.10. The van der Waals surface area contributed by atoms with E-state index in [0.717, 1.165) is 30.2 Å². The van der Waals surface area contributed by atoms with Crippen LogP contribution in [-0.4, -0.2) is 35.1 Å². The van der Waals surface area contributed by atoms with Crippen molar-refractivity contribution in [2.75, 3.05) is 18.9 Å². The maximum absolute atomic E-state index is 12.7. The molecule has 1 aromatic rings. The molecule has 4 nitrogen and oxygen atoms in total. The van der Waals surface area contributed by atoms with Gasteiger partial charge in [0.25, 0.3) is 5.91 Å². The molecular weight excluding hydrogens is 320 g/mol. The van der Waals surface area contributed by atoms with E-state index in [1.165, 1.54) is 6.42 Å². The van der Waals surface area contributed by atoms with Crippen LogP contribution in [0.15, 0.2) is 22.7 Å². The Labute approximate surface area is 128 Å². The lowest BCUT2D eigenvalue weighted by atomic mass is 9.93. The van der Waals surface area contributed by atoms with Crippen LogP contribution in [0.3, 0.4) is 0 Å². The standard InChI is InChI=1S/C15H21BrN2O2/c16-13-10-11(6-7-14(13)17)15(20)18(8-9-19)12-4-2-1-3-5-12/h6-7,10,12,19H,1-5,8-9,17H2. The molecule has 0 bridgehead atoms. The summed E-state index contributed by atoms with van der Waals surface area (Å²) in [5.41, 5.74) is 6.99. The quantitative estimate of drug-likeness (QED) is 0.828. The van der Waals surface area contributed by atoms with Gasteiger partial charge in [-0.3, -0.25) is 4.79 Å². The normalized spacial score (nSPS) is 16.1. The molecule has 0 atom stereocenters. The van der Waals surface area contributed by atoms with E-state index in [9.17, 15) is 9.90 Å². The first-order chi connectivity index (χ1) is 9.63. The predicted octanol–water partition coefficient (Wildman–Crippen LogP) is 2.80. The number of benzene rings is 1. The molecule has 2 rings (SSSR count). The van der Waals surface area contributed by atoms with Gasteiger partial charge < -0.3 is 15.7 Å². The lowest BCUT2D eigenvalue weighted by Gasteiger charge is -2.34. The Balaban J connectivity index is 2.18. The number of aliphatic hydroxyl groups excluding tert-OH is 1. The van der Waals surface area contributed by atoms with Gasteiger partial charge >= 0.3 is 0 Å². The number of rotatable bonds is 4. The van der Waals surface area contributed by atoms with Crippen LogP contribution in [0, 0.1) is 0 Å². The molecule has 1 aromatic carbocycles. The Hall–Kier alpha value is -1.07. The Kier molecular flexibility index (Phi) is 5.43. The van der Waals surface area contributed by atoms with Gasteiger partial charge in [0, 0.05) is 28.3 Å². The van der Waals surface area contributed by atoms with Gasteiger partial charge in [-0.05, 0) is 47.0 Å². The van der Waals surface area contributed by atoms with E-state index in [1.54, 1.807) is 18.2 Å². The number of anilines is 1. The number of carbonyl (C=O) groups is 1. The molecule has 0 spiro atoms. The van der Waals surface area contributed by atoms with E-state index >= 15 is 0 Å². The lowest BCUT2D eigenvalue weighted by Crippen LogP contribution is -2.43. The van der Waals surface area contributed by atoms with Gasteiger partial charge in [-0.25, -0.2) is 0 Å². The second-order valence-electron chi connectivity index (χ2n) is 5.25. The maximum Gasteiger partial charge on any atom is 0.254 e. The van der Waals surface area contributed by atoms with E-state index in [0.29, 0.717) is 17.8 Å². The molecule has 5 heteroatoms. The monoisotopic (exact) mass is 340 g/mol. The van der Waals surface area contributed by atoms with Crippen LogP contribution in [0.4, 0.5) is 5.69 Å². The minimum Gasteiger partial charge on any atom is -0.398 e. The number of halogens is 1. The Bertz CT molecular complexity index is 473. The molecule has 20 heavy (non-hydrogen) atoms. The van der Waals surface area contributed by atoms with Gasteiger partial charge in [0.1, 0.15) is 0 Å². The average Bonchev–Trinajstić information content (AvgIpc) is 2.48. The number of amides is 1. The van der Waals surface area contributed by atoms with Crippen molar-refractivity contribution in [2.24, 2.45) is 0 Å². The first-order valence-electron chi connectivity index (χ1n) is 7.10. The van der Waals surface area contributed by atoms with E-state index in [1.807, 2.05) is 4.90 Å². The fourth-order valence-corrected chi connectivity index (χ4v) is 3.16. The molecule has 110 valence electrons. The number of nitrogens with zero attached hydrogens (tertiary/aromatic N) is 1. The summed E-state index contributed by atoms with van der Waals surface area (Å²) in [6, 6.07) is 5.48. The van der Waals surface area contributed by atoms with Crippen molar-refractivity contribution < 1.29 is 9.90 Å². The third-order valence-corrected chi connectivity index (χ3v) is 4.55. The van der Waals surface area contributed by atoms with Crippen LogP contribution in [0.1, 0.15) is 42.5 Å². The van der Waals surface area contributed by atoms with Crippen LogP contribution in [0.2, 0.25) is 0 Å². The van der Waals surface area contributed by atoms with Crippen molar-refractivity contribution in [1.29, 1.82) is 0 Å². The zero-order chi connectivity index (χ0) is 14.5. The fraction of sp³-hybridized carbons (Fsp3) is 0.533. The molecular formula is C15H21BrN2O2. The highest BCUT2D eigenvalue weighted by Gasteiger charge is 2.26. The molecule has 1 saturated carbocycles. The average molecular weight is 341 g/mol. The Morgan fingerprint density at radius 2 is 2.05 bits per heavy atom. The minimum absolute atomic E-state index is 0.00161. The van der Waals surface area contributed by atoms with Gasteiger partial charge in [-0.2, -0.15) is 0 Å². The van der Waals surface area contributed by atoms with Crippen molar-refractivity contribution in [3.63, 3.8) is 0 Å². The molecule has 3 N–H and O–H groups in total. The molecule has 0 radical (unpaired) electrons. The van der Waals surface area contributed by atoms with Crippen molar-refractivity contribution in [2.45, 2.75) is 38.1 Å². The Morgan fingerprint density at radius 1 is 1.35 bits per heavy atom. The second-order valence-corrected chi connectivity index (χ2v) is 6.10. The van der Waals surface area contributed by atoms with Gasteiger partial charge in [0.2, 0.25) is 0 Å². The summed E-state index contributed by atoms with van der Waals surface area (Å²) in [5, 5.41) is 9.24. The van der Waals surface area contributed by atoms with Gasteiger partial charge in [-0.15, -0.1) is 0 Å². The summed E-state index contributed by atoms with van der Waals surface area (Å²) in [6.45, 7) is 0.393. The molecule has 1 aliphatic rings. The summed E-state index contributed by atoms with van der Waals surface area (Å²) in [4.78, 5) is 14.5. The summed E-state index contributed by atoms with van der Waals surface area (Å²) in [6.07, 6.45) is 5.62. The van der Waals surface area contributed by atoms with Crippen LogP contribution < -0.4 is 5.73 Å². The summed E-state index contributed by atoms with van der Waals surface area (Å²) < 4.78 is 0.732. The largest absolute Gasteiger partial charge is 0.398 e. The third kappa shape index (κ3) is 3.52. The smallest absolute Gasteiger partial charge is 0.254 e. The SMILES string of the molecule is Nc1ccc(C(=O)N(CCO)C2CCCCC2)cc1Br. The number of hydrogen-bond acceptors (Lipinski definition) is 3. The lowest BCUT2D eigenvalue weighted by molar-refractivity contribution is 0.0585. The zero-order valence-electron chi connectivity index (χ0n) is 11.5.